The van der Waals surface area contributed by atoms with E-state index in [1.807, 2.05) is 0 Å². The first-order valence-corrected chi connectivity index (χ1v) is 5.69. The van der Waals surface area contributed by atoms with Crippen LogP contribution < -0.4 is 5.32 Å². The van der Waals surface area contributed by atoms with E-state index in [1.54, 1.807) is 0 Å². The Morgan fingerprint density at radius 3 is 2.50 bits per heavy atom. The Balaban J connectivity index is 1.85. The van der Waals surface area contributed by atoms with E-state index >= 15 is 0 Å². The number of rotatable bonds is 4. The molecule has 0 aliphatic heterocycles. The second kappa shape index (κ2) is 5.36. The Hall–Kier alpha value is -1.76. The van der Waals surface area contributed by atoms with Gasteiger partial charge >= 0.3 is 0 Å². The van der Waals surface area contributed by atoms with Crippen LogP contribution in [0.5, 0.6) is 0 Å². The van der Waals surface area contributed by atoms with Gasteiger partial charge in [-0.3, -0.25) is 0 Å². The third-order valence-corrected chi connectivity index (χ3v) is 2.60. The van der Waals surface area contributed by atoms with Gasteiger partial charge in [-0.05, 0) is 36.6 Å². The molecular weight excluding hydrogens is 194 g/mol. The molecule has 2 aromatic rings. The van der Waals surface area contributed by atoms with Crippen LogP contribution in [0.1, 0.15) is 11.1 Å². The maximum atomic E-state index is 3.43. The summed E-state index contributed by atoms with van der Waals surface area (Å²) in [7, 11) is 0. The second-order valence-electron chi connectivity index (χ2n) is 4.03. The zero-order valence-electron chi connectivity index (χ0n) is 9.61. The predicted octanol–water partition coefficient (Wildman–Crippen LogP) is 3.65. The largest absolute Gasteiger partial charge is 0.385 e. The molecule has 0 amide bonds. The molecular formula is C15H17N. The molecule has 16 heavy (non-hydrogen) atoms. The Bertz CT molecular complexity index is 434. The summed E-state index contributed by atoms with van der Waals surface area (Å²) in [6.07, 6.45) is 1.06. The van der Waals surface area contributed by atoms with Crippen LogP contribution in [0.25, 0.3) is 0 Å². The first-order chi connectivity index (χ1) is 7.84. The highest BCUT2D eigenvalue weighted by Gasteiger charge is 1.93. The van der Waals surface area contributed by atoms with Crippen molar-refractivity contribution in [3.63, 3.8) is 0 Å². The Morgan fingerprint density at radius 1 is 0.938 bits per heavy atom. The van der Waals surface area contributed by atoms with Crippen LogP contribution in [0.2, 0.25) is 0 Å². The molecule has 0 aromatic heterocycles. The maximum absolute atomic E-state index is 3.43. The average Bonchev–Trinajstić information content (AvgIpc) is 2.30. The SMILES string of the molecule is Cc1cccc(NCCc2ccccc2)c1. The predicted molar refractivity (Wildman–Crippen MR) is 69.8 cm³/mol. The van der Waals surface area contributed by atoms with Crippen molar-refractivity contribution < 1.29 is 0 Å². The van der Waals surface area contributed by atoms with Crippen molar-refractivity contribution in [2.45, 2.75) is 13.3 Å². The summed E-state index contributed by atoms with van der Waals surface area (Å²) < 4.78 is 0. The smallest absolute Gasteiger partial charge is 0.0342 e. The Morgan fingerprint density at radius 2 is 1.75 bits per heavy atom. The van der Waals surface area contributed by atoms with Gasteiger partial charge in [-0.15, -0.1) is 0 Å². The topological polar surface area (TPSA) is 12.0 Å². The molecule has 82 valence electrons. The fourth-order valence-electron chi connectivity index (χ4n) is 1.75. The van der Waals surface area contributed by atoms with Gasteiger partial charge < -0.3 is 5.32 Å². The van der Waals surface area contributed by atoms with Gasteiger partial charge in [0.1, 0.15) is 0 Å². The molecule has 2 aromatic carbocycles. The Kier molecular flexibility index (Phi) is 3.60. The van der Waals surface area contributed by atoms with Crippen molar-refractivity contribution >= 4 is 5.69 Å². The number of hydrogen-bond acceptors (Lipinski definition) is 1. The van der Waals surface area contributed by atoms with Crippen molar-refractivity contribution in [2.75, 3.05) is 11.9 Å². The van der Waals surface area contributed by atoms with Gasteiger partial charge in [0.05, 0.1) is 0 Å². The zero-order chi connectivity index (χ0) is 11.2. The maximum Gasteiger partial charge on any atom is 0.0342 e. The normalized spacial score (nSPS) is 10.1. The summed E-state index contributed by atoms with van der Waals surface area (Å²) in [6.45, 7) is 3.09. The summed E-state index contributed by atoms with van der Waals surface area (Å²) in [4.78, 5) is 0. The minimum absolute atomic E-state index is 0.980. The summed E-state index contributed by atoms with van der Waals surface area (Å²) in [5.41, 5.74) is 3.88. The molecule has 0 heterocycles. The summed E-state index contributed by atoms with van der Waals surface area (Å²) in [5.74, 6) is 0. The minimum Gasteiger partial charge on any atom is -0.385 e. The van der Waals surface area contributed by atoms with Crippen LogP contribution in [0.4, 0.5) is 5.69 Å². The summed E-state index contributed by atoms with van der Waals surface area (Å²) in [5, 5.41) is 3.43. The third kappa shape index (κ3) is 3.13. The Labute approximate surface area is 97.1 Å². The lowest BCUT2D eigenvalue weighted by Gasteiger charge is -2.06. The highest BCUT2D eigenvalue weighted by atomic mass is 14.9. The van der Waals surface area contributed by atoms with Crippen LogP contribution >= 0.6 is 0 Å². The van der Waals surface area contributed by atoms with Gasteiger partial charge in [-0.1, -0.05) is 42.5 Å². The average molecular weight is 211 g/mol. The quantitative estimate of drug-likeness (QED) is 0.814. The molecule has 0 fully saturated rings. The first kappa shape index (κ1) is 10.7. The van der Waals surface area contributed by atoms with Crippen molar-refractivity contribution in [3.8, 4) is 0 Å². The highest BCUT2D eigenvalue weighted by Crippen LogP contribution is 2.09. The van der Waals surface area contributed by atoms with Crippen LogP contribution in [-0.4, -0.2) is 6.54 Å². The monoisotopic (exact) mass is 211 g/mol. The van der Waals surface area contributed by atoms with Crippen LogP contribution in [-0.2, 0) is 6.42 Å². The molecule has 0 bridgehead atoms. The third-order valence-electron chi connectivity index (χ3n) is 2.60. The molecule has 0 spiro atoms. The van der Waals surface area contributed by atoms with Crippen molar-refractivity contribution in [2.24, 2.45) is 0 Å². The lowest BCUT2D eigenvalue weighted by Crippen LogP contribution is -2.04. The lowest BCUT2D eigenvalue weighted by atomic mass is 10.1. The summed E-state index contributed by atoms with van der Waals surface area (Å²) >= 11 is 0. The lowest BCUT2D eigenvalue weighted by molar-refractivity contribution is 1.02. The fourth-order valence-corrected chi connectivity index (χ4v) is 1.75. The van der Waals surface area contributed by atoms with E-state index < -0.39 is 0 Å². The molecule has 2 rings (SSSR count). The molecule has 1 nitrogen and oxygen atoms in total. The first-order valence-electron chi connectivity index (χ1n) is 5.69. The van der Waals surface area contributed by atoms with Gasteiger partial charge in [-0.2, -0.15) is 0 Å². The van der Waals surface area contributed by atoms with Gasteiger partial charge in [-0.25, -0.2) is 0 Å². The van der Waals surface area contributed by atoms with E-state index in [9.17, 15) is 0 Å². The molecule has 1 heteroatoms. The van der Waals surface area contributed by atoms with E-state index in [2.05, 4.69) is 66.8 Å². The molecule has 1 N–H and O–H groups in total. The number of nitrogens with one attached hydrogen (secondary N) is 1. The standard InChI is InChI=1S/C15H17N/c1-13-6-5-9-15(12-13)16-11-10-14-7-3-2-4-8-14/h2-9,12,16H,10-11H2,1H3. The van der Waals surface area contributed by atoms with E-state index in [0.29, 0.717) is 0 Å². The molecule has 0 unspecified atom stereocenters. The number of anilines is 1. The van der Waals surface area contributed by atoms with Gasteiger partial charge in [0.15, 0.2) is 0 Å². The van der Waals surface area contributed by atoms with Gasteiger partial charge in [0.25, 0.3) is 0 Å². The van der Waals surface area contributed by atoms with E-state index in [0.717, 1.165) is 13.0 Å². The van der Waals surface area contributed by atoms with Crippen molar-refractivity contribution in [1.29, 1.82) is 0 Å². The second-order valence-corrected chi connectivity index (χ2v) is 4.03. The summed E-state index contributed by atoms with van der Waals surface area (Å²) in [6, 6.07) is 19.0. The van der Waals surface area contributed by atoms with Gasteiger partial charge in [0, 0.05) is 12.2 Å². The van der Waals surface area contributed by atoms with E-state index in [-0.39, 0.29) is 0 Å². The van der Waals surface area contributed by atoms with Crippen LogP contribution in [0.15, 0.2) is 54.6 Å². The number of aryl methyl sites for hydroxylation is 1. The zero-order valence-corrected chi connectivity index (χ0v) is 9.61. The van der Waals surface area contributed by atoms with Crippen molar-refractivity contribution in [1.82, 2.24) is 0 Å². The fraction of sp³-hybridized carbons (Fsp3) is 0.200. The van der Waals surface area contributed by atoms with E-state index in [4.69, 9.17) is 0 Å². The molecule has 0 saturated carbocycles. The van der Waals surface area contributed by atoms with E-state index in [1.165, 1.54) is 16.8 Å². The highest BCUT2D eigenvalue weighted by molar-refractivity contribution is 5.45. The van der Waals surface area contributed by atoms with Crippen molar-refractivity contribution in [3.05, 3.63) is 65.7 Å². The molecule has 0 radical (unpaired) electrons. The molecule has 0 saturated heterocycles. The van der Waals surface area contributed by atoms with Gasteiger partial charge in [0.2, 0.25) is 0 Å². The molecule has 0 atom stereocenters. The van der Waals surface area contributed by atoms with Crippen LogP contribution in [0.3, 0.4) is 0 Å². The molecule has 0 aliphatic rings. The van der Waals surface area contributed by atoms with Crippen LogP contribution in [0, 0.1) is 6.92 Å². The number of hydrogen-bond donors (Lipinski definition) is 1. The number of benzene rings is 2. The molecule has 0 aliphatic carbocycles. The minimum atomic E-state index is 0.980.